The first-order valence-electron chi connectivity index (χ1n) is 17.6. The van der Waals surface area contributed by atoms with Crippen molar-refractivity contribution in [3.8, 4) is 28.7 Å². The molecule has 2 N–H and O–H groups in total. The molecule has 3 aromatic carbocycles. The van der Waals surface area contributed by atoms with E-state index >= 15 is 0 Å². The minimum atomic E-state index is -0.893. The fourth-order valence-corrected chi connectivity index (χ4v) is 7.07. The number of aliphatic hydroxyl groups excluding tert-OH is 1. The molecule has 1 saturated carbocycles. The van der Waals surface area contributed by atoms with Gasteiger partial charge in [-0.1, -0.05) is 48.0 Å². The number of aliphatic hydroxyl groups is 1. The van der Waals surface area contributed by atoms with Crippen LogP contribution in [0.1, 0.15) is 58.2 Å². The zero-order chi connectivity index (χ0) is 36.8. The van der Waals surface area contributed by atoms with Crippen molar-refractivity contribution < 1.29 is 29.2 Å². The molecule has 0 amide bonds. The summed E-state index contributed by atoms with van der Waals surface area (Å²) in [6, 6.07) is 19.8. The van der Waals surface area contributed by atoms with Gasteiger partial charge >= 0.3 is 5.97 Å². The van der Waals surface area contributed by atoms with Gasteiger partial charge in [-0.2, -0.15) is 5.26 Å². The number of aromatic nitrogens is 1. The maximum atomic E-state index is 12.0. The van der Waals surface area contributed by atoms with Gasteiger partial charge in [-0.3, -0.25) is 19.6 Å². The van der Waals surface area contributed by atoms with E-state index in [0.29, 0.717) is 61.2 Å². The summed E-state index contributed by atoms with van der Waals surface area (Å²) < 4.78 is 18.7. The van der Waals surface area contributed by atoms with Crippen molar-refractivity contribution in [3.63, 3.8) is 0 Å². The quantitative estimate of drug-likeness (QED) is 0.121. The van der Waals surface area contributed by atoms with Crippen molar-refractivity contribution in [1.29, 1.82) is 5.26 Å². The summed E-state index contributed by atoms with van der Waals surface area (Å²) >= 11 is 6.81. The van der Waals surface area contributed by atoms with Crippen molar-refractivity contribution in [2.75, 3.05) is 33.3 Å². The maximum Gasteiger partial charge on any atom is 0.324 e. The van der Waals surface area contributed by atoms with Gasteiger partial charge in [0.25, 0.3) is 0 Å². The van der Waals surface area contributed by atoms with Crippen LogP contribution in [0.5, 0.6) is 11.5 Å². The molecule has 1 atom stereocenters. The van der Waals surface area contributed by atoms with Gasteiger partial charge in [-0.25, -0.2) is 0 Å². The summed E-state index contributed by atoms with van der Waals surface area (Å²) in [7, 11) is 1.80. The normalized spacial score (nSPS) is 16.5. The lowest BCUT2D eigenvalue weighted by Crippen LogP contribution is -2.40. The van der Waals surface area contributed by atoms with Crippen LogP contribution in [-0.2, 0) is 35.9 Å². The Bertz CT molecular complexity index is 1960. The predicted octanol–water partition coefficient (Wildman–Crippen LogP) is 6.68. The minimum Gasteiger partial charge on any atom is -0.488 e. The molecule has 1 aliphatic heterocycles. The Balaban J connectivity index is 1.18. The van der Waals surface area contributed by atoms with Crippen LogP contribution in [0.15, 0.2) is 67.0 Å². The molecule has 6 rings (SSSR count). The molecular weight excluding hydrogens is 680 g/mol. The molecule has 52 heavy (non-hydrogen) atoms. The number of nitriles is 1. The van der Waals surface area contributed by atoms with E-state index in [-0.39, 0.29) is 19.3 Å². The lowest BCUT2D eigenvalue weighted by molar-refractivity contribution is -0.144. The van der Waals surface area contributed by atoms with Crippen LogP contribution in [0.25, 0.3) is 11.1 Å². The summed E-state index contributed by atoms with van der Waals surface area (Å²) in [5.74, 6) is 0.105. The number of hydrogen-bond donors (Lipinski definition) is 2. The van der Waals surface area contributed by atoms with Crippen LogP contribution in [0.4, 0.5) is 0 Å². The fourth-order valence-electron chi connectivity index (χ4n) is 6.83. The van der Waals surface area contributed by atoms with Crippen molar-refractivity contribution in [3.05, 3.63) is 111 Å². The standard InChI is InChI=1S/C41H45ClN4O6/c1-27-31(25-50-15-14-46-13-10-34(47)23-46)6-4-8-35(27)36-9-5-7-32(28(36)2)26-52-39-18-38(51-24-30-16-29(19-43)20-44-21-30)33(17-37(39)42)22-45(3)41(11-12-41)40(48)49/h4-9,16-18,20-21,34,47H,10-15,22-26H2,1-3H3,(H,48,49)/t34-/m1/s1. The number of pyridine rings is 1. The third-order valence-corrected chi connectivity index (χ3v) is 10.6. The van der Waals surface area contributed by atoms with Gasteiger partial charge in [0, 0.05) is 55.8 Å². The Kier molecular flexibility index (Phi) is 11.8. The van der Waals surface area contributed by atoms with E-state index in [1.165, 1.54) is 6.20 Å². The second kappa shape index (κ2) is 16.4. The SMILES string of the molecule is Cc1c(COCCN2CC[C@@H](O)C2)cccc1-c1cccc(COc2cc(OCc3cncc(C#N)c3)c(CN(C)C3(C(=O)O)CC3)cc2Cl)c1C. The van der Waals surface area contributed by atoms with Crippen molar-refractivity contribution in [1.82, 2.24) is 14.8 Å². The molecule has 2 heterocycles. The molecule has 1 saturated heterocycles. The van der Waals surface area contributed by atoms with Crippen LogP contribution in [0, 0.1) is 25.2 Å². The van der Waals surface area contributed by atoms with E-state index in [1.54, 1.807) is 31.4 Å². The zero-order valence-corrected chi connectivity index (χ0v) is 30.7. The highest BCUT2D eigenvalue weighted by atomic mass is 35.5. The van der Waals surface area contributed by atoms with Crippen LogP contribution in [0.3, 0.4) is 0 Å². The van der Waals surface area contributed by atoms with Crippen molar-refractivity contribution >= 4 is 17.6 Å². The van der Waals surface area contributed by atoms with E-state index < -0.39 is 11.5 Å². The summed E-state index contributed by atoms with van der Waals surface area (Å²) in [5, 5.41) is 29.3. The number of likely N-dealkylation sites (N-methyl/N-ethyl adjacent to an activating group) is 1. The molecule has 11 heteroatoms. The number of carbonyl (C=O) groups is 1. The highest BCUT2D eigenvalue weighted by Crippen LogP contribution is 2.43. The number of rotatable bonds is 16. The lowest BCUT2D eigenvalue weighted by Gasteiger charge is -2.26. The first kappa shape index (κ1) is 37.3. The van der Waals surface area contributed by atoms with Gasteiger partial charge in [-0.05, 0) is 85.7 Å². The Morgan fingerprint density at radius 1 is 1.00 bits per heavy atom. The van der Waals surface area contributed by atoms with E-state index in [0.717, 1.165) is 64.0 Å². The summed E-state index contributed by atoms with van der Waals surface area (Å²) in [5.41, 5.74) is 7.63. The van der Waals surface area contributed by atoms with Gasteiger partial charge in [-0.15, -0.1) is 0 Å². The average Bonchev–Trinajstić information content (AvgIpc) is 3.86. The maximum absolute atomic E-state index is 12.0. The van der Waals surface area contributed by atoms with Gasteiger partial charge < -0.3 is 24.4 Å². The first-order valence-corrected chi connectivity index (χ1v) is 18.0. The molecule has 2 fully saturated rings. The van der Waals surface area contributed by atoms with Crippen LogP contribution >= 0.6 is 11.6 Å². The molecule has 10 nitrogen and oxygen atoms in total. The topological polar surface area (TPSA) is 128 Å². The van der Waals surface area contributed by atoms with Crippen molar-refractivity contribution in [2.24, 2.45) is 0 Å². The Labute approximate surface area is 310 Å². The lowest BCUT2D eigenvalue weighted by atomic mass is 9.92. The zero-order valence-electron chi connectivity index (χ0n) is 29.9. The number of halogens is 1. The van der Waals surface area contributed by atoms with E-state index in [4.69, 9.17) is 25.8 Å². The van der Waals surface area contributed by atoms with E-state index in [9.17, 15) is 20.3 Å². The van der Waals surface area contributed by atoms with Crippen LogP contribution in [-0.4, -0.2) is 75.9 Å². The minimum absolute atomic E-state index is 0.150. The highest BCUT2D eigenvalue weighted by Gasteiger charge is 2.53. The summed E-state index contributed by atoms with van der Waals surface area (Å²) in [6.45, 7) is 8.52. The molecule has 0 radical (unpaired) electrons. The number of likely N-dealkylation sites (tertiary alicyclic amines) is 1. The highest BCUT2D eigenvalue weighted by molar-refractivity contribution is 6.32. The molecule has 0 spiro atoms. The smallest absolute Gasteiger partial charge is 0.324 e. The number of benzene rings is 3. The Morgan fingerprint density at radius 3 is 2.33 bits per heavy atom. The monoisotopic (exact) mass is 724 g/mol. The molecule has 0 bridgehead atoms. The average molecular weight is 725 g/mol. The number of hydrogen-bond acceptors (Lipinski definition) is 9. The number of carboxylic acid groups (broad SMARTS) is 1. The number of nitrogens with zero attached hydrogens (tertiary/aromatic N) is 4. The molecule has 1 aliphatic carbocycles. The van der Waals surface area contributed by atoms with Crippen molar-refractivity contribution in [2.45, 2.75) is 71.1 Å². The Hall–Kier alpha value is -4.50. The van der Waals surface area contributed by atoms with Gasteiger partial charge in [0.05, 0.1) is 29.9 Å². The van der Waals surface area contributed by atoms with Gasteiger partial charge in [0.1, 0.15) is 36.3 Å². The predicted molar refractivity (Wildman–Crippen MR) is 198 cm³/mol. The molecule has 272 valence electrons. The molecule has 1 aromatic heterocycles. The number of aliphatic carboxylic acids is 1. The fraction of sp³-hybridized carbons (Fsp3) is 0.390. The second-order valence-electron chi connectivity index (χ2n) is 13.8. The van der Waals surface area contributed by atoms with E-state index in [2.05, 4.69) is 54.1 Å². The van der Waals surface area contributed by atoms with E-state index in [1.807, 2.05) is 17.0 Å². The van der Waals surface area contributed by atoms with Gasteiger partial charge in [0.15, 0.2) is 0 Å². The summed E-state index contributed by atoms with van der Waals surface area (Å²) in [4.78, 5) is 20.2. The third kappa shape index (κ3) is 8.58. The Morgan fingerprint density at radius 2 is 1.69 bits per heavy atom. The largest absolute Gasteiger partial charge is 0.488 e. The summed E-state index contributed by atoms with van der Waals surface area (Å²) in [6.07, 6.45) is 4.90. The number of β-amino-alcohol motifs (C(OH)–C–C–N with tert-alkyl or cyclic N) is 1. The molecule has 4 aromatic rings. The molecular formula is C41H45ClN4O6. The third-order valence-electron chi connectivity index (χ3n) is 10.3. The first-order chi connectivity index (χ1) is 25.1. The number of ether oxygens (including phenoxy) is 3. The van der Waals surface area contributed by atoms with Crippen LogP contribution < -0.4 is 9.47 Å². The van der Waals surface area contributed by atoms with Gasteiger partial charge in [0.2, 0.25) is 0 Å². The second-order valence-corrected chi connectivity index (χ2v) is 14.2. The molecule has 0 unspecified atom stereocenters. The number of carboxylic acids is 1. The van der Waals surface area contributed by atoms with Crippen LogP contribution in [0.2, 0.25) is 5.02 Å². The molecule has 2 aliphatic rings.